The molecule has 6 heteroatoms. The van der Waals surface area contributed by atoms with Gasteiger partial charge in [-0.2, -0.15) is 0 Å². The van der Waals surface area contributed by atoms with Gasteiger partial charge in [0.2, 0.25) is 5.91 Å². The first kappa shape index (κ1) is 18.2. The Morgan fingerprint density at radius 1 is 1.24 bits per heavy atom. The molecule has 1 amide bonds. The SMILES string of the molecule is CCCOc1ccc(/C=C/C(=O)Nc2cc([N+](=O)[O-])ccc2C)cc1. The average Bonchev–Trinajstić information content (AvgIpc) is 2.60. The van der Waals surface area contributed by atoms with Crippen LogP contribution in [0.25, 0.3) is 6.08 Å². The molecule has 130 valence electrons. The summed E-state index contributed by atoms with van der Waals surface area (Å²) in [5.41, 5.74) is 1.97. The van der Waals surface area contributed by atoms with E-state index in [0.717, 1.165) is 23.3 Å². The molecule has 0 saturated carbocycles. The van der Waals surface area contributed by atoms with E-state index in [-0.39, 0.29) is 11.6 Å². The molecular formula is C19H20N2O4. The van der Waals surface area contributed by atoms with Crippen LogP contribution in [0.2, 0.25) is 0 Å². The number of nitro groups is 1. The largest absolute Gasteiger partial charge is 0.494 e. The van der Waals surface area contributed by atoms with Crippen molar-refractivity contribution < 1.29 is 14.5 Å². The minimum absolute atomic E-state index is 0.0625. The number of rotatable bonds is 7. The highest BCUT2D eigenvalue weighted by Crippen LogP contribution is 2.22. The Labute approximate surface area is 146 Å². The molecule has 0 unspecified atom stereocenters. The molecule has 0 saturated heterocycles. The number of hydrogen-bond acceptors (Lipinski definition) is 4. The highest BCUT2D eigenvalue weighted by molar-refractivity contribution is 6.02. The van der Waals surface area contributed by atoms with Crippen molar-refractivity contribution in [1.29, 1.82) is 0 Å². The summed E-state index contributed by atoms with van der Waals surface area (Å²) in [4.78, 5) is 22.4. The summed E-state index contributed by atoms with van der Waals surface area (Å²) >= 11 is 0. The molecule has 0 aliphatic rings. The summed E-state index contributed by atoms with van der Waals surface area (Å²) in [5.74, 6) is 0.436. The summed E-state index contributed by atoms with van der Waals surface area (Å²) in [6, 6.07) is 11.8. The van der Waals surface area contributed by atoms with E-state index in [0.29, 0.717) is 12.3 Å². The first-order valence-electron chi connectivity index (χ1n) is 7.96. The minimum atomic E-state index is -0.493. The molecular weight excluding hydrogens is 320 g/mol. The zero-order valence-corrected chi connectivity index (χ0v) is 14.2. The van der Waals surface area contributed by atoms with E-state index in [9.17, 15) is 14.9 Å². The van der Waals surface area contributed by atoms with Crippen LogP contribution in [0.4, 0.5) is 11.4 Å². The second kappa shape index (κ2) is 8.63. The molecule has 0 aliphatic carbocycles. The van der Waals surface area contributed by atoms with Crippen LogP contribution >= 0.6 is 0 Å². The van der Waals surface area contributed by atoms with Crippen molar-refractivity contribution in [3.8, 4) is 5.75 Å². The number of non-ortho nitro benzene ring substituents is 1. The zero-order valence-electron chi connectivity index (χ0n) is 14.2. The quantitative estimate of drug-likeness (QED) is 0.462. The molecule has 6 nitrogen and oxygen atoms in total. The number of carbonyl (C=O) groups excluding carboxylic acids is 1. The fourth-order valence-corrected chi connectivity index (χ4v) is 2.10. The maximum atomic E-state index is 12.0. The van der Waals surface area contributed by atoms with Crippen LogP contribution < -0.4 is 10.1 Å². The van der Waals surface area contributed by atoms with Gasteiger partial charge in [0.15, 0.2) is 0 Å². The lowest BCUT2D eigenvalue weighted by molar-refractivity contribution is -0.384. The van der Waals surface area contributed by atoms with E-state index in [1.165, 1.54) is 18.2 Å². The highest BCUT2D eigenvalue weighted by atomic mass is 16.6. The van der Waals surface area contributed by atoms with Gasteiger partial charge in [-0.15, -0.1) is 0 Å². The number of hydrogen-bond donors (Lipinski definition) is 1. The Kier molecular flexibility index (Phi) is 6.28. The molecule has 0 aliphatic heterocycles. The van der Waals surface area contributed by atoms with Crippen molar-refractivity contribution in [2.24, 2.45) is 0 Å². The number of nitrogens with one attached hydrogen (secondary N) is 1. The van der Waals surface area contributed by atoms with Crippen LogP contribution in [0.1, 0.15) is 24.5 Å². The molecule has 1 N–H and O–H groups in total. The number of ether oxygens (including phenoxy) is 1. The van der Waals surface area contributed by atoms with E-state index in [1.807, 2.05) is 31.2 Å². The van der Waals surface area contributed by atoms with Gasteiger partial charge in [-0.25, -0.2) is 0 Å². The van der Waals surface area contributed by atoms with Gasteiger partial charge in [-0.3, -0.25) is 14.9 Å². The standard InChI is InChI=1S/C19H20N2O4/c1-3-12-25-17-9-5-15(6-10-17)7-11-19(22)20-18-13-16(21(23)24)8-4-14(18)2/h4-11,13H,3,12H2,1-2H3,(H,20,22)/b11-7+. The molecule has 0 radical (unpaired) electrons. The Balaban J connectivity index is 2.01. The number of nitrogens with zero attached hydrogens (tertiary/aromatic N) is 1. The van der Waals surface area contributed by atoms with Crippen LogP contribution in [0.5, 0.6) is 5.75 Å². The lowest BCUT2D eigenvalue weighted by Crippen LogP contribution is -2.09. The van der Waals surface area contributed by atoms with E-state index < -0.39 is 4.92 Å². The van der Waals surface area contributed by atoms with E-state index in [1.54, 1.807) is 19.1 Å². The Hall–Kier alpha value is -3.15. The third-order valence-corrected chi connectivity index (χ3v) is 3.47. The molecule has 0 fully saturated rings. The van der Waals surface area contributed by atoms with Gasteiger partial charge < -0.3 is 10.1 Å². The van der Waals surface area contributed by atoms with Gasteiger partial charge in [-0.1, -0.05) is 25.1 Å². The fraction of sp³-hybridized carbons (Fsp3) is 0.211. The van der Waals surface area contributed by atoms with Gasteiger partial charge in [0, 0.05) is 18.2 Å². The molecule has 2 aromatic rings. The van der Waals surface area contributed by atoms with Crippen molar-refractivity contribution >= 4 is 23.4 Å². The average molecular weight is 340 g/mol. The van der Waals surface area contributed by atoms with Crippen LogP contribution in [0, 0.1) is 17.0 Å². The highest BCUT2D eigenvalue weighted by Gasteiger charge is 2.09. The molecule has 25 heavy (non-hydrogen) atoms. The number of benzene rings is 2. The van der Waals surface area contributed by atoms with Crippen LogP contribution in [0.3, 0.4) is 0 Å². The number of aryl methyl sites for hydroxylation is 1. The summed E-state index contributed by atoms with van der Waals surface area (Å²) in [7, 11) is 0. The maximum absolute atomic E-state index is 12.0. The van der Waals surface area contributed by atoms with Crippen LogP contribution in [0.15, 0.2) is 48.5 Å². The normalized spacial score (nSPS) is 10.6. The van der Waals surface area contributed by atoms with Gasteiger partial charge >= 0.3 is 0 Å². The number of carbonyl (C=O) groups is 1. The molecule has 2 rings (SSSR count). The second-order valence-corrected chi connectivity index (χ2v) is 5.50. The van der Waals surface area contributed by atoms with Crippen molar-refractivity contribution in [2.75, 3.05) is 11.9 Å². The monoisotopic (exact) mass is 340 g/mol. The lowest BCUT2D eigenvalue weighted by atomic mass is 10.1. The third-order valence-electron chi connectivity index (χ3n) is 3.47. The van der Waals surface area contributed by atoms with Crippen molar-refractivity contribution in [1.82, 2.24) is 0 Å². The van der Waals surface area contributed by atoms with E-state index in [4.69, 9.17) is 4.74 Å². The Morgan fingerprint density at radius 2 is 1.96 bits per heavy atom. The fourth-order valence-electron chi connectivity index (χ4n) is 2.10. The van der Waals surface area contributed by atoms with Crippen LogP contribution in [-0.2, 0) is 4.79 Å². The Bertz CT molecular complexity index is 783. The van der Waals surface area contributed by atoms with Crippen molar-refractivity contribution in [3.05, 3.63) is 69.8 Å². The first-order valence-corrected chi connectivity index (χ1v) is 7.96. The molecule has 0 spiro atoms. The maximum Gasteiger partial charge on any atom is 0.271 e. The summed E-state index contributed by atoms with van der Waals surface area (Å²) in [6.45, 7) is 4.48. The third kappa shape index (κ3) is 5.46. The molecule has 0 bridgehead atoms. The Morgan fingerprint density at radius 3 is 2.60 bits per heavy atom. The first-order chi connectivity index (χ1) is 12.0. The predicted octanol–water partition coefficient (Wildman–Crippen LogP) is 4.34. The van der Waals surface area contributed by atoms with Crippen molar-refractivity contribution in [3.63, 3.8) is 0 Å². The zero-order chi connectivity index (χ0) is 18.2. The topological polar surface area (TPSA) is 81.5 Å². The van der Waals surface area contributed by atoms with E-state index in [2.05, 4.69) is 5.32 Å². The smallest absolute Gasteiger partial charge is 0.271 e. The van der Waals surface area contributed by atoms with Crippen molar-refractivity contribution in [2.45, 2.75) is 20.3 Å². The summed E-state index contributed by atoms with van der Waals surface area (Å²) in [5, 5.41) is 13.5. The molecule has 2 aromatic carbocycles. The number of nitro benzene ring substituents is 1. The number of amides is 1. The number of anilines is 1. The van der Waals surface area contributed by atoms with Gasteiger partial charge in [-0.05, 0) is 42.7 Å². The van der Waals surface area contributed by atoms with Gasteiger partial charge in [0.1, 0.15) is 5.75 Å². The van der Waals surface area contributed by atoms with Gasteiger partial charge in [0.05, 0.1) is 17.2 Å². The van der Waals surface area contributed by atoms with E-state index >= 15 is 0 Å². The summed E-state index contributed by atoms with van der Waals surface area (Å²) in [6.07, 6.45) is 4.00. The lowest BCUT2D eigenvalue weighted by Gasteiger charge is -2.06. The summed E-state index contributed by atoms with van der Waals surface area (Å²) < 4.78 is 5.50. The second-order valence-electron chi connectivity index (χ2n) is 5.50. The molecule has 0 atom stereocenters. The predicted molar refractivity (Wildman–Crippen MR) is 97.7 cm³/mol. The van der Waals surface area contributed by atoms with Crippen LogP contribution in [-0.4, -0.2) is 17.4 Å². The molecule has 0 heterocycles. The molecule has 0 aromatic heterocycles. The minimum Gasteiger partial charge on any atom is -0.494 e. The van der Waals surface area contributed by atoms with Gasteiger partial charge in [0.25, 0.3) is 5.69 Å².